The van der Waals surface area contributed by atoms with Gasteiger partial charge < -0.3 is 24.4 Å². The van der Waals surface area contributed by atoms with E-state index >= 15 is 0 Å². The van der Waals surface area contributed by atoms with E-state index in [4.69, 9.17) is 14.2 Å². The predicted molar refractivity (Wildman–Crippen MR) is 105 cm³/mol. The van der Waals surface area contributed by atoms with Crippen LogP contribution in [-0.2, 0) is 9.53 Å². The van der Waals surface area contributed by atoms with Crippen LogP contribution in [-0.4, -0.2) is 63.8 Å². The summed E-state index contributed by atoms with van der Waals surface area (Å²) in [6.07, 6.45) is 2.48. The third-order valence-corrected chi connectivity index (χ3v) is 4.56. The van der Waals surface area contributed by atoms with Crippen molar-refractivity contribution in [1.29, 1.82) is 0 Å². The molecule has 2 rings (SSSR count). The molecule has 1 heterocycles. The third kappa shape index (κ3) is 6.66. The largest absolute Gasteiger partial charge is 0.497 e. The Balaban J connectivity index is 1.65. The van der Waals surface area contributed by atoms with E-state index in [1.807, 2.05) is 31.2 Å². The average molecular weight is 377 g/mol. The lowest BCUT2D eigenvalue weighted by Crippen LogP contribution is -2.47. The van der Waals surface area contributed by atoms with Crippen LogP contribution in [0.5, 0.6) is 11.5 Å². The minimum absolute atomic E-state index is 0.0113. The number of carbonyl (C=O) groups is 1. The highest BCUT2D eigenvalue weighted by Gasteiger charge is 2.27. The number of guanidine groups is 1. The molecule has 0 atom stereocenters. The van der Waals surface area contributed by atoms with Gasteiger partial charge in [0.05, 0.1) is 26.2 Å². The Morgan fingerprint density at radius 1 is 1.22 bits per heavy atom. The molecule has 0 aromatic heterocycles. The monoisotopic (exact) mass is 377 g/mol. The third-order valence-electron chi connectivity index (χ3n) is 4.56. The smallest absolute Gasteiger partial charge is 0.309 e. The molecular weight excluding hydrogens is 346 g/mol. The van der Waals surface area contributed by atoms with Gasteiger partial charge in [0.2, 0.25) is 0 Å². The number of ether oxygens (including phenoxy) is 3. The zero-order chi connectivity index (χ0) is 19.5. The first kappa shape index (κ1) is 20.9. The van der Waals surface area contributed by atoms with Gasteiger partial charge in [-0.2, -0.15) is 0 Å². The second kappa shape index (κ2) is 11.3. The van der Waals surface area contributed by atoms with Gasteiger partial charge in [-0.1, -0.05) is 0 Å². The molecule has 0 saturated carbocycles. The fourth-order valence-electron chi connectivity index (χ4n) is 3.05. The molecule has 1 fully saturated rings. The molecule has 1 saturated heterocycles. The molecule has 7 nitrogen and oxygen atoms in total. The van der Waals surface area contributed by atoms with Crippen LogP contribution in [0.2, 0.25) is 0 Å². The van der Waals surface area contributed by atoms with Gasteiger partial charge in [-0.3, -0.25) is 9.79 Å². The van der Waals surface area contributed by atoms with Gasteiger partial charge in [-0.25, -0.2) is 0 Å². The van der Waals surface area contributed by atoms with Crippen molar-refractivity contribution in [3.05, 3.63) is 24.3 Å². The summed E-state index contributed by atoms with van der Waals surface area (Å²) in [4.78, 5) is 18.4. The number of hydrogen-bond acceptors (Lipinski definition) is 5. The van der Waals surface area contributed by atoms with Crippen LogP contribution in [0, 0.1) is 5.92 Å². The van der Waals surface area contributed by atoms with Gasteiger partial charge >= 0.3 is 5.97 Å². The average Bonchev–Trinajstić information content (AvgIpc) is 2.71. The molecule has 1 aliphatic heterocycles. The molecule has 0 aliphatic carbocycles. The molecule has 0 spiro atoms. The Labute approximate surface area is 161 Å². The molecule has 0 unspecified atom stereocenters. The number of esters is 1. The van der Waals surface area contributed by atoms with Crippen molar-refractivity contribution >= 4 is 11.9 Å². The van der Waals surface area contributed by atoms with Crippen LogP contribution < -0.4 is 14.8 Å². The predicted octanol–water partition coefficient (Wildman–Crippen LogP) is 2.31. The molecular formula is C20H31N3O4. The van der Waals surface area contributed by atoms with Crippen molar-refractivity contribution in [2.24, 2.45) is 10.9 Å². The van der Waals surface area contributed by atoms with E-state index in [9.17, 15) is 4.79 Å². The molecule has 1 aromatic rings. The zero-order valence-electron chi connectivity index (χ0n) is 16.6. The van der Waals surface area contributed by atoms with Gasteiger partial charge in [-0.15, -0.1) is 0 Å². The molecule has 1 aromatic carbocycles. The molecule has 0 amide bonds. The van der Waals surface area contributed by atoms with Crippen LogP contribution in [0.15, 0.2) is 29.3 Å². The highest BCUT2D eigenvalue weighted by atomic mass is 16.5. The second-order valence-corrected chi connectivity index (χ2v) is 6.36. The minimum Gasteiger partial charge on any atom is -0.497 e. The Bertz CT molecular complexity index is 596. The number of nitrogens with one attached hydrogen (secondary N) is 1. The zero-order valence-corrected chi connectivity index (χ0v) is 16.6. The Kier molecular flexibility index (Phi) is 8.74. The van der Waals surface area contributed by atoms with Crippen LogP contribution in [0.1, 0.15) is 26.2 Å². The van der Waals surface area contributed by atoms with E-state index in [0.29, 0.717) is 13.2 Å². The topological polar surface area (TPSA) is 72.4 Å². The highest BCUT2D eigenvalue weighted by molar-refractivity contribution is 5.80. The lowest BCUT2D eigenvalue weighted by molar-refractivity contribution is -0.149. The summed E-state index contributed by atoms with van der Waals surface area (Å²) >= 11 is 0. The summed E-state index contributed by atoms with van der Waals surface area (Å²) in [6, 6.07) is 7.57. The second-order valence-electron chi connectivity index (χ2n) is 6.36. The Morgan fingerprint density at radius 2 is 1.89 bits per heavy atom. The first-order valence-corrected chi connectivity index (χ1v) is 9.57. The fourth-order valence-corrected chi connectivity index (χ4v) is 3.05. The lowest BCUT2D eigenvalue weighted by Gasteiger charge is -2.33. The van der Waals surface area contributed by atoms with Crippen molar-refractivity contribution in [1.82, 2.24) is 10.2 Å². The van der Waals surface area contributed by atoms with Crippen molar-refractivity contribution in [2.75, 3.05) is 47.0 Å². The number of methoxy groups -OCH3 is 1. The Hall–Kier alpha value is -2.44. The number of benzene rings is 1. The SMILES string of the molecule is CCOC(=O)C1CCN(C(=NC)NCCCOc2ccc(OC)cc2)CC1. The van der Waals surface area contributed by atoms with Crippen LogP contribution in [0.3, 0.4) is 0 Å². The maximum atomic E-state index is 11.8. The van der Waals surface area contributed by atoms with Gasteiger partial charge in [0, 0.05) is 26.7 Å². The Morgan fingerprint density at radius 3 is 2.48 bits per heavy atom. The van der Waals surface area contributed by atoms with Gasteiger partial charge in [0.1, 0.15) is 11.5 Å². The van der Waals surface area contributed by atoms with E-state index in [1.165, 1.54) is 0 Å². The summed E-state index contributed by atoms with van der Waals surface area (Å²) in [5.74, 6) is 2.47. The van der Waals surface area contributed by atoms with Crippen molar-refractivity contribution in [3.63, 3.8) is 0 Å². The number of piperidine rings is 1. The summed E-state index contributed by atoms with van der Waals surface area (Å²) in [5, 5.41) is 3.37. The standard InChI is InChI=1S/C20H31N3O4/c1-4-26-19(24)16-10-13-23(14-11-16)20(21-2)22-12-5-15-27-18-8-6-17(25-3)7-9-18/h6-9,16H,4-5,10-15H2,1-3H3,(H,21,22). The fraction of sp³-hybridized carbons (Fsp3) is 0.600. The molecule has 150 valence electrons. The normalized spacial score (nSPS) is 15.4. The first-order chi connectivity index (χ1) is 13.2. The van der Waals surface area contributed by atoms with Crippen molar-refractivity contribution in [3.8, 4) is 11.5 Å². The van der Waals surface area contributed by atoms with Gasteiger partial charge in [-0.05, 0) is 50.5 Å². The number of likely N-dealkylation sites (tertiary alicyclic amines) is 1. The molecule has 27 heavy (non-hydrogen) atoms. The molecule has 0 bridgehead atoms. The maximum absolute atomic E-state index is 11.8. The molecule has 1 N–H and O–H groups in total. The van der Waals surface area contributed by atoms with E-state index < -0.39 is 0 Å². The summed E-state index contributed by atoms with van der Waals surface area (Å²) in [6.45, 7) is 5.32. The van der Waals surface area contributed by atoms with Crippen LogP contribution >= 0.6 is 0 Å². The highest BCUT2D eigenvalue weighted by Crippen LogP contribution is 2.19. The van der Waals surface area contributed by atoms with E-state index in [1.54, 1.807) is 14.2 Å². The van der Waals surface area contributed by atoms with Crippen molar-refractivity contribution < 1.29 is 19.0 Å². The van der Waals surface area contributed by atoms with Crippen LogP contribution in [0.4, 0.5) is 0 Å². The van der Waals surface area contributed by atoms with Crippen LogP contribution in [0.25, 0.3) is 0 Å². The lowest BCUT2D eigenvalue weighted by atomic mass is 9.97. The number of carbonyl (C=O) groups excluding carboxylic acids is 1. The summed E-state index contributed by atoms with van der Waals surface area (Å²) in [5.41, 5.74) is 0. The molecule has 7 heteroatoms. The quantitative estimate of drug-likeness (QED) is 0.324. The van der Waals surface area contributed by atoms with Gasteiger partial charge in [0.15, 0.2) is 5.96 Å². The number of nitrogens with zero attached hydrogens (tertiary/aromatic N) is 2. The first-order valence-electron chi connectivity index (χ1n) is 9.57. The van der Waals surface area contributed by atoms with Gasteiger partial charge in [0.25, 0.3) is 0 Å². The number of aliphatic imine (C=N–C) groups is 1. The van der Waals surface area contributed by atoms with E-state index in [0.717, 1.165) is 56.4 Å². The van der Waals surface area contributed by atoms with E-state index in [-0.39, 0.29) is 11.9 Å². The summed E-state index contributed by atoms with van der Waals surface area (Å²) in [7, 11) is 3.43. The van der Waals surface area contributed by atoms with Crippen molar-refractivity contribution in [2.45, 2.75) is 26.2 Å². The number of hydrogen-bond donors (Lipinski definition) is 1. The van der Waals surface area contributed by atoms with E-state index in [2.05, 4.69) is 15.2 Å². The summed E-state index contributed by atoms with van der Waals surface area (Å²) < 4.78 is 16.0. The molecule has 0 radical (unpaired) electrons. The molecule has 1 aliphatic rings. The number of rotatable bonds is 8. The minimum atomic E-state index is -0.0734. The maximum Gasteiger partial charge on any atom is 0.309 e.